The van der Waals surface area contributed by atoms with Crippen molar-refractivity contribution in [1.29, 1.82) is 0 Å². The number of amides is 1. The molecule has 1 aliphatic carbocycles. The zero-order chi connectivity index (χ0) is 18.0. The number of halogens is 1. The maximum atomic E-state index is 12.5. The Morgan fingerprint density at radius 3 is 2.64 bits per heavy atom. The Balaban J connectivity index is 1.74. The van der Waals surface area contributed by atoms with Crippen LogP contribution < -0.4 is 10.1 Å². The first-order valence-electron chi connectivity index (χ1n) is 7.95. The number of hydrogen-bond donors (Lipinski definition) is 1. The highest BCUT2D eigenvalue weighted by Crippen LogP contribution is 2.39. The van der Waals surface area contributed by atoms with E-state index in [9.17, 15) is 9.59 Å². The third-order valence-electron chi connectivity index (χ3n) is 4.04. The Kier molecular flexibility index (Phi) is 5.30. The molecule has 1 atom stereocenters. The number of hydrogen-bond acceptors (Lipinski definition) is 5. The van der Waals surface area contributed by atoms with Crippen molar-refractivity contribution in [2.45, 2.75) is 32.3 Å². The van der Waals surface area contributed by atoms with Crippen LogP contribution in [0.15, 0.2) is 24.3 Å². The molecule has 1 aromatic heterocycles. The largest absolute Gasteiger partial charge is 0.481 e. The lowest BCUT2D eigenvalue weighted by Gasteiger charge is -2.15. The van der Waals surface area contributed by atoms with Crippen molar-refractivity contribution in [1.82, 2.24) is 0 Å². The van der Waals surface area contributed by atoms with Gasteiger partial charge in [0.25, 0.3) is 5.91 Å². The number of esters is 1. The highest BCUT2D eigenvalue weighted by Gasteiger charge is 2.29. The number of ether oxygens (including phenoxy) is 2. The summed E-state index contributed by atoms with van der Waals surface area (Å²) in [7, 11) is 1.35. The van der Waals surface area contributed by atoms with E-state index in [1.807, 2.05) is 0 Å². The second-order valence-corrected chi connectivity index (χ2v) is 7.30. The Hall–Kier alpha value is -2.05. The molecule has 25 heavy (non-hydrogen) atoms. The molecule has 132 valence electrons. The first-order chi connectivity index (χ1) is 12.0. The van der Waals surface area contributed by atoms with Crippen molar-refractivity contribution >= 4 is 39.8 Å². The minimum atomic E-state index is -0.719. The standard InChI is InChI=1S/C18H18ClNO4S/c1-10(24-12-8-6-11(19)7-9-12)16(21)20-17-15(18(22)23-2)13-4-3-5-14(13)25-17/h6-10H,3-5H2,1-2H3,(H,20,21). The smallest absolute Gasteiger partial charge is 0.341 e. The Labute approximate surface area is 154 Å². The second-order valence-electron chi connectivity index (χ2n) is 5.76. The number of nitrogens with one attached hydrogen (secondary N) is 1. The molecule has 1 heterocycles. The van der Waals surface area contributed by atoms with Crippen LogP contribution >= 0.6 is 22.9 Å². The minimum Gasteiger partial charge on any atom is -0.481 e. The van der Waals surface area contributed by atoms with Gasteiger partial charge in [-0.1, -0.05) is 11.6 Å². The Morgan fingerprint density at radius 1 is 1.24 bits per heavy atom. The first kappa shape index (κ1) is 17.8. The zero-order valence-corrected chi connectivity index (χ0v) is 15.5. The molecule has 7 heteroatoms. The van der Waals surface area contributed by atoms with E-state index in [0.29, 0.717) is 21.3 Å². The predicted octanol–water partition coefficient (Wildman–Crippen LogP) is 4.08. The van der Waals surface area contributed by atoms with Gasteiger partial charge in [-0.3, -0.25) is 4.79 Å². The van der Waals surface area contributed by atoms with Gasteiger partial charge in [-0.25, -0.2) is 4.79 Å². The number of methoxy groups -OCH3 is 1. The van der Waals surface area contributed by atoms with Crippen LogP contribution in [-0.4, -0.2) is 25.1 Å². The predicted molar refractivity (Wildman–Crippen MR) is 97.9 cm³/mol. The fourth-order valence-corrected chi connectivity index (χ4v) is 4.20. The van der Waals surface area contributed by atoms with Gasteiger partial charge in [0.2, 0.25) is 0 Å². The molecule has 0 aliphatic heterocycles. The van der Waals surface area contributed by atoms with E-state index in [1.165, 1.54) is 18.4 Å². The van der Waals surface area contributed by atoms with Crippen molar-refractivity contribution in [3.63, 3.8) is 0 Å². The summed E-state index contributed by atoms with van der Waals surface area (Å²) in [5, 5.41) is 3.95. The molecule has 0 saturated carbocycles. The van der Waals surface area contributed by atoms with E-state index in [-0.39, 0.29) is 5.91 Å². The summed E-state index contributed by atoms with van der Waals surface area (Å²) in [6.45, 7) is 1.66. The van der Waals surface area contributed by atoms with Gasteiger partial charge in [0.15, 0.2) is 6.10 Å². The molecule has 5 nitrogen and oxygen atoms in total. The molecule has 1 aromatic carbocycles. The van der Waals surface area contributed by atoms with Crippen LogP contribution in [0, 0.1) is 0 Å². The molecule has 0 spiro atoms. The topological polar surface area (TPSA) is 64.6 Å². The average Bonchev–Trinajstić information content (AvgIpc) is 3.16. The summed E-state index contributed by atoms with van der Waals surface area (Å²) in [6, 6.07) is 6.79. The number of fused-ring (bicyclic) bond motifs is 1. The van der Waals surface area contributed by atoms with E-state index < -0.39 is 12.1 Å². The fraction of sp³-hybridized carbons (Fsp3) is 0.333. The molecular formula is C18H18ClNO4S. The molecule has 1 N–H and O–H groups in total. The van der Waals surface area contributed by atoms with Crippen molar-refractivity contribution in [2.24, 2.45) is 0 Å². The zero-order valence-electron chi connectivity index (χ0n) is 13.9. The summed E-state index contributed by atoms with van der Waals surface area (Å²) in [4.78, 5) is 25.7. The lowest BCUT2D eigenvalue weighted by atomic mass is 10.1. The summed E-state index contributed by atoms with van der Waals surface area (Å²) in [6.07, 6.45) is 2.07. The van der Waals surface area contributed by atoms with E-state index >= 15 is 0 Å². The van der Waals surface area contributed by atoms with Crippen LogP contribution in [0.1, 0.15) is 34.1 Å². The van der Waals surface area contributed by atoms with Gasteiger partial charge in [-0.05, 0) is 56.0 Å². The van der Waals surface area contributed by atoms with Crippen LogP contribution in [0.2, 0.25) is 5.02 Å². The monoisotopic (exact) mass is 379 g/mol. The molecule has 3 rings (SSSR count). The van der Waals surface area contributed by atoms with Gasteiger partial charge in [-0.2, -0.15) is 0 Å². The molecule has 1 amide bonds. The number of carbonyl (C=O) groups excluding carboxylic acids is 2. The first-order valence-corrected chi connectivity index (χ1v) is 9.15. The van der Waals surface area contributed by atoms with Crippen molar-refractivity contribution in [3.8, 4) is 5.75 Å². The highest BCUT2D eigenvalue weighted by atomic mass is 35.5. The molecule has 1 unspecified atom stereocenters. The van der Waals surface area contributed by atoms with Gasteiger partial charge >= 0.3 is 5.97 Å². The van der Waals surface area contributed by atoms with Crippen LogP contribution in [0.25, 0.3) is 0 Å². The van der Waals surface area contributed by atoms with Crippen LogP contribution in [0.4, 0.5) is 5.00 Å². The number of rotatable bonds is 5. The molecule has 0 fully saturated rings. The molecule has 1 aliphatic rings. The molecule has 0 radical (unpaired) electrons. The van der Waals surface area contributed by atoms with E-state index in [0.717, 1.165) is 29.7 Å². The fourth-order valence-electron chi connectivity index (χ4n) is 2.79. The van der Waals surface area contributed by atoms with Gasteiger partial charge in [0.1, 0.15) is 10.8 Å². The maximum Gasteiger partial charge on any atom is 0.341 e. The number of aryl methyl sites for hydroxylation is 1. The summed E-state index contributed by atoms with van der Waals surface area (Å²) < 4.78 is 10.5. The van der Waals surface area contributed by atoms with Gasteiger partial charge in [-0.15, -0.1) is 11.3 Å². The van der Waals surface area contributed by atoms with Gasteiger partial charge in [0, 0.05) is 9.90 Å². The quantitative estimate of drug-likeness (QED) is 0.795. The second kappa shape index (κ2) is 7.45. The third-order valence-corrected chi connectivity index (χ3v) is 5.50. The van der Waals surface area contributed by atoms with E-state index in [1.54, 1.807) is 31.2 Å². The summed E-state index contributed by atoms with van der Waals surface area (Å²) in [5.74, 6) is -0.185. The van der Waals surface area contributed by atoms with Gasteiger partial charge in [0.05, 0.1) is 12.7 Å². The van der Waals surface area contributed by atoms with Crippen molar-refractivity contribution < 1.29 is 19.1 Å². The number of thiophene rings is 1. The molecule has 0 saturated heterocycles. The maximum absolute atomic E-state index is 12.5. The third kappa shape index (κ3) is 3.80. The van der Waals surface area contributed by atoms with Crippen LogP contribution in [0.5, 0.6) is 5.75 Å². The highest BCUT2D eigenvalue weighted by molar-refractivity contribution is 7.17. The average molecular weight is 380 g/mol. The van der Waals surface area contributed by atoms with Crippen LogP contribution in [0.3, 0.4) is 0 Å². The van der Waals surface area contributed by atoms with Crippen molar-refractivity contribution in [2.75, 3.05) is 12.4 Å². The number of carbonyl (C=O) groups is 2. The van der Waals surface area contributed by atoms with Gasteiger partial charge < -0.3 is 14.8 Å². The van der Waals surface area contributed by atoms with Crippen molar-refractivity contribution in [3.05, 3.63) is 45.3 Å². The molecular weight excluding hydrogens is 362 g/mol. The minimum absolute atomic E-state index is 0.319. The number of benzene rings is 1. The lowest BCUT2D eigenvalue weighted by molar-refractivity contribution is -0.122. The van der Waals surface area contributed by atoms with E-state index in [2.05, 4.69) is 5.32 Å². The van der Waals surface area contributed by atoms with E-state index in [4.69, 9.17) is 21.1 Å². The Morgan fingerprint density at radius 2 is 1.96 bits per heavy atom. The summed E-state index contributed by atoms with van der Waals surface area (Å²) >= 11 is 7.28. The molecule has 2 aromatic rings. The SMILES string of the molecule is COC(=O)c1c(NC(=O)C(C)Oc2ccc(Cl)cc2)sc2c1CCC2. The summed E-state index contributed by atoms with van der Waals surface area (Å²) in [5.41, 5.74) is 1.48. The van der Waals surface area contributed by atoms with Crippen LogP contribution in [-0.2, 0) is 22.4 Å². The normalized spacial score (nSPS) is 13.9. The number of anilines is 1. The Bertz CT molecular complexity index is 800. The molecule has 0 bridgehead atoms. The lowest BCUT2D eigenvalue weighted by Crippen LogP contribution is -2.30.